The molecule has 0 radical (unpaired) electrons. The third-order valence-corrected chi connectivity index (χ3v) is 7.91. The van der Waals surface area contributed by atoms with Gasteiger partial charge in [-0.1, -0.05) is 24.8 Å². The number of nitrogens with zero attached hydrogens (tertiary/aromatic N) is 5. The number of fused-ring (bicyclic) bond motifs is 1. The minimum atomic E-state index is -0.225. The Morgan fingerprint density at radius 2 is 1.81 bits per heavy atom. The van der Waals surface area contributed by atoms with Gasteiger partial charge in [0, 0.05) is 57.6 Å². The highest BCUT2D eigenvalue weighted by atomic mass is 16.5. The van der Waals surface area contributed by atoms with Crippen molar-refractivity contribution in [3.63, 3.8) is 0 Å². The van der Waals surface area contributed by atoms with Gasteiger partial charge in [-0.15, -0.1) is 0 Å². The van der Waals surface area contributed by atoms with Crippen LogP contribution in [0, 0.1) is 0 Å². The maximum Gasteiger partial charge on any atom is 0.409 e. The number of ether oxygens (including phenoxy) is 1. The fourth-order valence-corrected chi connectivity index (χ4v) is 5.61. The number of benzene rings is 1. The van der Waals surface area contributed by atoms with Gasteiger partial charge in [0.05, 0.1) is 7.11 Å². The molecule has 36 heavy (non-hydrogen) atoms. The van der Waals surface area contributed by atoms with Crippen molar-refractivity contribution in [2.24, 2.45) is 10.7 Å². The van der Waals surface area contributed by atoms with Crippen LogP contribution < -0.4 is 5.73 Å². The zero-order chi connectivity index (χ0) is 25.8. The van der Waals surface area contributed by atoms with E-state index in [2.05, 4.69) is 71.4 Å². The summed E-state index contributed by atoms with van der Waals surface area (Å²) in [5, 5.41) is 0. The molecular formula is C28H42N6O2. The summed E-state index contributed by atoms with van der Waals surface area (Å²) >= 11 is 0. The highest BCUT2D eigenvalue weighted by molar-refractivity contribution is 5.94. The van der Waals surface area contributed by atoms with Gasteiger partial charge in [-0.2, -0.15) is 0 Å². The van der Waals surface area contributed by atoms with Crippen molar-refractivity contribution in [3.05, 3.63) is 59.1 Å². The molecule has 2 N–H and O–H groups in total. The average Bonchev–Trinajstić information content (AvgIpc) is 2.87. The Hall–Kier alpha value is -3.00. The minimum Gasteiger partial charge on any atom is -0.453 e. The van der Waals surface area contributed by atoms with Crippen molar-refractivity contribution in [1.82, 2.24) is 19.6 Å². The van der Waals surface area contributed by atoms with Crippen LogP contribution in [0.3, 0.4) is 0 Å². The molecule has 0 bridgehead atoms. The molecule has 0 aliphatic carbocycles. The third-order valence-electron chi connectivity index (χ3n) is 7.91. The van der Waals surface area contributed by atoms with Crippen molar-refractivity contribution in [2.75, 3.05) is 53.4 Å². The van der Waals surface area contributed by atoms with E-state index in [4.69, 9.17) is 10.5 Å². The van der Waals surface area contributed by atoms with Crippen LogP contribution in [0.1, 0.15) is 49.3 Å². The molecule has 1 aromatic rings. The molecule has 196 valence electrons. The number of rotatable bonds is 4. The van der Waals surface area contributed by atoms with Crippen LogP contribution in [-0.4, -0.2) is 91.0 Å². The van der Waals surface area contributed by atoms with Gasteiger partial charge in [-0.3, -0.25) is 0 Å². The maximum absolute atomic E-state index is 11.9. The number of piperidine rings is 1. The van der Waals surface area contributed by atoms with E-state index in [0.29, 0.717) is 17.8 Å². The highest BCUT2D eigenvalue weighted by Crippen LogP contribution is 2.32. The van der Waals surface area contributed by atoms with E-state index < -0.39 is 0 Å². The first-order valence-electron chi connectivity index (χ1n) is 13.1. The van der Waals surface area contributed by atoms with Crippen LogP contribution in [0.4, 0.5) is 4.79 Å². The molecule has 8 nitrogen and oxygen atoms in total. The predicted molar refractivity (Wildman–Crippen MR) is 145 cm³/mol. The normalized spacial score (nSPS) is 22.4. The fourth-order valence-electron chi connectivity index (χ4n) is 5.61. The first kappa shape index (κ1) is 26.1. The molecule has 3 aliphatic rings. The number of nitrogens with two attached hydrogens (primary N) is 1. The molecular weight excluding hydrogens is 452 g/mol. The number of carbonyl (C=O) groups is 1. The van der Waals surface area contributed by atoms with E-state index >= 15 is 0 Å². The molecule has 2 saturated heterocycles. The van der Waals surface area contributed by atoms with E-state index in [-0.39, 0.29) is 6.09 Å². The number of piperazine rings is 1. The smallest absolute Gasteiger partial charge is 0.409 e. The van der Waals surface area contributed by atoms with Gasteiger partial charge in [-0.25, -0.2) is 9.79 Å². The number of amidine groups is 1. The number of allylic oxidation sites excluding steroid dienone is 1. The quantitative estimate of drug-likeness (QED) is 0.511. The molecule has 1 aromatic carbocycles. The Morgan fingerprint density at radius 1 is 1.11 bits per heavy atom. The number of amides is 1. The molecule has 1 atom stereocenters. The van der Waals surface area contributed by atoms with Crippen molar-refractivity contribution < 1.29 is 9.53 Å². The lowest BCUT2D eigenvalue weighted by Gasteiger charge is -2.38. The summed E-state index contributed by atoms with van der Waals surface area (Å²) in [6.07, 6.45) is 4.84. The Kier molecular flexibility index (Phi) is 8.24. The molecule has 2 fully saturated rings. The lowest BCUT2D eigenvalue weighted by molar-refractivity contribution is 0.112. The number of hydrogen-bond donors (Lipinski definition) is 1. The van der Waals surface area contributed by atoms with Crippen molar-refractivity contribution in [2.45, 2.75) is 51.6 Å². The number of methoxy groups -OCH3 is 1. The fraction of sp³-hybridized carbons (Fsp3) is 0.571. The zero-order valence-corrected chi connectivity index (χ0v) is 22.4. The number of likely N-dealkylation sites (tertiary alicyclic amines) is 1. The van der Waals surface area contributed by atoms with Crippen LogP contribution >= 0.6 is 0 Å². The van der Waals surface area contributed by atoms with E-state index in [1.165, 1.54) is 29.5 Å². The molecule has 0 spiro atoms. The molecule has 1 unspecified atom stereocenters. The molecule has 4 rings (SSSR count). The third kappa shape index (κ3) is 6.03. The molecule has 0 saturated carbocycles. The van der Waals surface area contributed by atoms with Gasteiger partial charge < -0.3 is 30.1 Å². The second kappa shape index (κ2) is 11.4. The maximum atomic E-state index is 11.9. The second-order valence-corrected chi connectivity index (χ2v) is 10.5. The first-order valence-corrected chi connectivity index (χ1v) is 13.1. The highest BCUT2D eigenvalue weighted by Gasteiger charge is 2.28. The van der Waals surface area contributed by atoms with Crippen LogP contribution in [0.2, 0.25) is 0 Å². The van der Waals surface area contributed by atoms with E-state index in [9.17, 15) is 4.79 Å². The molecule has 3 aliphatic heterocycles. The summed E-state index contributed by atoms with van der Waals surface area (Å²) in [5.41, 5.74) is 11.3. The topological polar surface area (TPSA) is 77.6 Å². The monoisotopic (exact) mass is 494 g/mol. The summed E-state index contributed by atoms with van der Waals surface area (Å²) < 4.78 is 4.89. The van der Waals surface area contributed by atoms with Crippen LogP contribution in [0.5, 0.6) is 0 Å². The van der Waals surface area contributed by atoms with Crippen molar-refractivity contribution in [1.29, 1.82) is 0 Å². The van der Waals surface area contributed by atoms with Crippen molar-refractivity contribution in [3.8, 4) is 0 Å². The Balaban J connectivity index is 1.52. The standard InChI is InChI=1S/C28H42N6O2/c1-20(32-14-12-31(4)13-15-32)17-27(30-22(3)29)34-19-26-18-25(7-6-24(26)16-21(34)2)23-8-10-33(11-9-23)28(35)36-5/h6-7,17-18,21,23H,3,8-16,19,29H2,1-2,4-5H3/b20-17+,30-27+. The second-order valence-electron chi connectivity index (χ2n) is 10.5. The van der Waals surface area contributed by atoms with Gasteiger partial charge in [0.2, 0.25) is 0 Å². The Morgan fingerprint density at radius 3 is 2.44 bits per heavy atom. The SMILES string of the molecule is C=C(N)/N=C(\C=C(/C)N1CCN(C)CC1)N1Cc2cc(C3CCN(C(=O)OC)CC3)ccc2CC1C. The van der Waals surface area contributed by atoms with Gasteiger partial charge in [0.25, 0.3) is 0 Å². The Bertz CT molecular complexity index is 1020. The number of aliphatic imine (C=N–C) groups is 1. The van der Waals surface area contributed by atoms with Gasteiger partial charge in [-0.05, 0) is 68.8 Å². The number of likely N-dealkylation sites (N-methyl/N-ethyl adjacent to an activating group) is 1. The number of carbonyl (C=O) groups excluding carboxylic acids is 1. The predicted octanol–water partition coefficient (Wildman–Crippen LogP) is 3.36. The Labute approximate surface area is 216 Å². The van der Waals surface area contributed by atoms with Gasteiger partial charge in [0.15, 0.2) is 0 Å². The van der Waals surface area contributed by atoms with Gasteiger partial charge >= 0.3 is 6.09 Å². The minimum absolute atomic E-state index is 0.225. The summed E-state index contributed by atoms with van der Waals surface area (Å²) in [4.78, 5) is 25.5. The average molecular weight is 495 g/mol. The summed E-state index contributed by atoms with van der Waals surface area (Å²) in [5.74, 6) is 1.67. The number of hydrogen-bond acceptors (Lipinski definition) is 6. The van der Waals surface area contributed by atoms with Gasteiger partial charge in [0.1, 0.15) is 11.7 Å². The molecule has 8 heteroatoms. The van der Waals surface area contributed by atoms with Crippen LogP contribution in [0.25, 0.3) is 0 Å². The molecule has 1 amide bonds. The molecule has 0 aromatic heterocycles. The lowest BCUT2D eigenvalue weighted by atomic mass is 9.85. The molecule has 3 heterocycles. The van der Waals surface area contributed by atoms with Crippen LogP contribution in [-0.2, 0) is 17.7 Å². The summed E-state index contributed by atoms with van der Waals surface area (Å²) in [7, 11) is 3.62. The first-order chi connectivity index (χ1) is 17.2. The van der Waals surface area contributed by atoms with E-state index in [0.717, 1.165) is 70.9 Å². The van der Waals surface area contributed by atoms with Crippen molar-refractivity contribution >= 4 is 11.9 Å². The summed E-state index contributed by atoms with van der Waals surface area (Å²) in [6, 6.07) is 7.27. The van der Waals surface area contributed by atoms with E-state index in [1.54, 1.807) is 4.90 Å². The lowest BCUT2D eigenvalue weighted by Crippen LogP contribution is -2.45. The largest absolute Gasteiger partial charge is 0.453 e. The zero-order valence-electron chi connectivity index (χ0n) is 22.4. The summed E-state index contributed by atoms with van der Waals surface area (Å²) in [6.45, 7) is 14.7. The van der Waals surface area contributed by atoms with Crippen LogP contribution in [0.15, 0.2) is 47.4 Å². The van der Waals surface area contributed by atoms with E-state index in [1.807, 2.05) is 0 Å².